The molecular weight excluding hydrogens is 739 g/mol. The summed E-state index contributed by atoms with van der Waals surface area (Å²) in [7, 11) is 0. The molecule has 0 atom stereocenters. The molecule has 2 heterocycles. The molecule has 1 N–H and O–H groups in total. The number of pyridine rings is 1. The molecule has 0 amide bonds. The molecule has 2 aromatic heterocycles. The molecule has 0 saturated heterocycles. The summed E-state index contributed by atoms with van der Waals surface area (Å²) in [6.45, 7) is 23.2. The first-order chi connectivity index (χ1) is 20.1. The Morgan fingerprint density at radius 3 is 2.07 bits per heavy atom. The minimum absolute atomic E-state index is 0. The summed E-state index contributed by atoms with van der Waals surface area (Å²) >= 11 is 1.85. The minimum atomic E-state index is -0.337. The Hall–Kier alpha value is -2.33. The number of aliphatic hydroxyl groups is 1. The summed E-state index contributed by atoms with van der Waals surface area (Å²) in [6, 6.07) is 14.6. The van der Waals surface area contributed by atoms with Gasteiger partial charge in [0.2, 0.25) is 0 Å². The third-order valence-electron chi connectivity index (χ3n) is 9.26. The van der Waals surface area contributed by atoms with Crippen LogP contribution >= 0.6 is 11.3 Å². The number of ketones is 1. The van der Waals surface area contributed by atoms with Crippen LogP contribution in [0.3, 0.4) is 0 Å². The Morgan fingerprint density at radius 2 is 1.52 bits per heavy atom. The first-order valence-electron chi connectivity index (χ1n) is 15.8. The van der Waals surface area contributed by atoms with Crippen LogP contribution in [0, 0.1) is 36.2 Å². The number of thiophene rings is 1. The summed E-state index contributed by atoms with van der Waals surface area (Å²) in [6.07, 6.45) is 7.76. The van der Waals surface area contributed by atoms with Crippen molar-refractivity contribution in [2.45, 2.75) is 108 Å². The van der Waals surface area contributed by atoms with Gasteiger partial charge in [-0.3, -0.25) is 4.79 Å². The van der Waals surface area contributed by atoms with Gasteiger partial charge in [-0.15, -0.1) is 46.2 Å². The van der Waals surface area contributed by atoms with Gasteiger partial charge in [0.05, 0.1) is 0 Å². The molecule has 4 aromatic rings. The minimum Gasteiger partial charge on any atom is -0.512 e. The van der Waals surface area contributed by atoms with Crippen LogP contribution in [0.25, 0.3) is 32.1 Å². The van der Waals surface area contributed by atoms with E-state index in [1.54, 1.807) is 0 Å². The van der Waals surface area contributed by atoms with E-state index in [1.165, 1.54) is 38.1 Å². The van der Waals surface area contributed by atoms with Crippen LogP contribution in [0.5, 0.6) is 0 Å². The molecule has 0 saturated carbocycles. The van der Waals surface area contributed by atoms with Crippen LogP contribution in [-0.4, -0.2) is 15.9 Å². The average Bonchev–Trinajstić information content (AvgIpc) is 3.34. The van der Waals surface area contributed by atoms with Crippen molar-refractivity contribution in [3.63, 3.8) is 0 Å². The van der Waals surface area contributed by atoms with E-state index >= 15 is 0 Å². The molecule has 0 fully saturated rings. The number of aliphatic hydroxyl groups excluding tert-OH is 1. The number of allylic oxidation sites excluding steroid dienone is 2. The second kappa shape index (κ2) is 15.3. The number of nitrogens with zero attached hydrogens (tertiary/aromatic N) is 1. The van der Waals surface area contributed by atoms with Crippen LogP contribution in [-0.2, 0) is 31.3 Å². The Balaban J connectivity index is 0.000000331. The zero-order valence-corrected chi connectivity index (χ0v) is 31.9. The van der Waals surface area contributed by atoms with Gasteiger partial charge < -0.3 is 10.1 Å². The number of hydrogen-bond acceptors (Lipinski definition) is 4. The van der Waals surface area contributed by atoms with Gasteiger partial charge in [-0.1, -0.05) is 82.2 Å². The first-order valence-corrected chi connectivity index (χ1v) is 16.7. The van der Waals surface area contributed by atoms with Crippen molar-refractivity contribution in [2.24, 2.45) is 16.2 Å². The number of rotatable bonds is 9. The Morgan fingerprint density at radius 1 is 0.909 bits per heavy atom. The number of aromatic nitrogens is 1. The van der Waals surface area contributed by atoms with Crippen molar-refractivity contribution < 1.29 is 30.0 Å². The third kappa shape index (κ3) is 8.89. The number of carbonyl (C=O) groups is 1. The van der Waals surface area contributed by atoms with E-state index in [1.807, 2.05) is 59.1 Å². The van der Waals surface area contributed by atoms with Crippen LogP contribution in [0.2, 0.25) is 0 Å². The van der Waals surface area contributed by atoms with Crippen molar-refractivity contribution in [1.29, 1.82) is 0 Å². The fourth-order valence-corrected chi connectivity index (χ4v) is 6.37. The second-order valence-electron chi connectivity index (χ2n) is 13.9. The van der Waals surface area contributed by atoms with Gasteiger partial charge >= 0.3 is 0 Å². The fraction of sp³-hybridized carbons (Fsp3) is 0.487. The number of benzene rings is 2. The third-order valence-corrected chi connectivity index (χ3v) is 10.3. The van der Waals surface area contributed by atoms with Crippen molar-refractivity contribution in [1.82, 2.24) is 4.98 Å². The van der Waals surface area contributed by atoms with Gasteiger partial charge in [-0.05, 0) is 82.4 Å². The quantitative estimate of drug-likeness (QED) is 0.104. The Labute approximate surface area is 283 Å². The topological polar surface area (TPSA) is 50.2 Å². The zero-order valence-electron chi connectivity index (χ0n) is 28.7. The first kappa shape index (κ1) is 37.9. The number of hydrogen-bond donors (Lipinski definition) is 1. The monoisotopic (exact) mass is 791 g/mol. The molecule has 0 spiro atoms. The summed E-state index contributed by atoms with van der Waals surface area (Å²) < 4.78 is 1.36. The molecule has 241 valence electrons. The summed E-state index contributed by atoms with van der Waals surface area (Å²) in [5.74, 6) is 0.286. The number of fused-ring (bicyclic) bond motifs is 2. The van der Waals surface area contributed by atoms with E-state index < -0.39 is 0 Å². The van der Waals surface area contributed by atoms with Crippen LogP contribution in [0.1, 0.15) is 105 Å². The zero-order chi connectivity index (χ0) is 32.2. The van der Waals surface area contributed by atoms with E-state index in [2.05, 4.69) is 76.4 Å². The maximum atomic E-state index is 12.2. The standard InChI is InChI=1S/C24H24NS.C15H28O2.Ir/c1-15-8-16(2)10-18(9-15)23-21-12-20-19(13-24(3,4)5)14-26-22(20)11-17(21)6-7-25-23;1-7-14(5,8-2)12(16)11-13(17)15(6,9-3)10-4;/h6-9,11-12,14H,13H2,1-5H3;11,16H,7-10H2,1-6H3;/q-1;;/b;12-11-;. The molecular formula is C39H52IrNO2S-. The normalized spacial score (nSPS) is 12.6. The molecule has 5 heteroatoms. The van der Waals surface area contributed by atoms with Gasteiger partial charge in [0.1, 0.15) is 5.76 Å². The largest absolute Gasteiger partial charge is 0.512 e. The summed E-state index contributed by atoms with van der Waals surface area (Å²) in [5, 5.41) is 16.3. The predicted molar refractivity (Wildman–Crippen MR) is 187 cm³/mol. The maximum absolute atomic E-state index is 12.2. The van der Waals surface area contributed by atoms with Crippen LogP contribution in [0.4, 0.5) is 0 Å². The Bertz CT molecular complexity index is 1580. The molecule has 0 aliphatic heterocycles. The number of carbonyl (C=O) groups excluding carboxylic acids is 1. The van der Waals surface area contributed by atoms with E-state index in [-0.39, 0.29) is 47.9 Å². The van der Waals surface area contributed by atoms with Crippen molar-refractivity contribution in [3.8, 4) is 11.3 Å². The van der Waals surface area contributed by atoms with Crippen LogP contribution < -0.4 is 0 Å². The van der Waals surface area contributed by atoms with Gasteiger partial charge in [-0.2, -0.15) is 0 Å². The van der Waals surface area contributed by atoms with Crippen molar-refractivity contribution in [3.05, 3.63) is 76.5 Å². The number of aryl methyl sites for hydroxylation is 2. The molecule has 2 aromatic carbocycles. The van der Waals surface area contributed by atoms with Crippen LogP contribution in [0.15, 0.2) is 53.7 Å². The van der Waals surface area contributed by atoms with Gasteiger partial charge in [0.25, 0.3) is 0 Å². The molecule has 44 heavy (non-hydrogen) atoms. The molecule has 0 unspecified atom stereocenters. The molecule has 4 rings (SSSR count). The van der Waals surface area contributed by atoms with E-state index in [0.29, 0.717) is 0 Å². The van der Waals surface area contributed by atoms with E-state index in [0.717, 1.165) is 48.9 Å². The predicted octanol–water partition coefficient (Wildman–Crippen LogP) is 11.8. The maximum Gasteiger partial charge on any atom is 0.164 e. The average molecular weight is 791 g/mol. The Kier molecular flexibility index (Phi) is 13.2. The molecule has 0 aliphatic carbocycles. The molecule has 0 aliphatic rings. The smallest absolute Gasteiger partial charge is 0.164 e. The van der Waals surface area contributed by atoms with Gasteiger partial charge in [0, 0.05) is 47.9 Å². The second-order valence-corrected chi connectivity index (χ2v) is 14.8. The van der Waals surface area contributed by atoms with Crippen molar-refractivity contribution in [2.75, 3.05) is 0 Å². The van der Waals surface area contributed by atoms with Gasteiger partial charge in [-0.25, -0.2) is 0 Å². The summed E-state index contributed by atoms with van der Waals surface area (Å²) in [4.78, 5) is 16.9. The van der Waals surface area contributed by atoms with E-state index in [9.17, 15) is 9.90 Å². The van der Waals surface area contributed by atoms with Crippen molar-refractivity contribution >= 4 is 38.0 Å². The molecule has 3 nitrogen and oxygen atoms in total. The molecule has 1 radical (unpaired) electrons. The molecule has 0 bridgehead atoms. The van der Waals surface area contributed by atoms with Gasteiger partial charge in [0.15, 0.2) is 5.78 Å². The van der Waals surface area contributed by atoms with E-state index in [4.69, 9.17) is 4.98 Å². The summed E-state index contributed by atoms with van der Waals surface area (Å²) in [5.41, 5.74) is 5.64. The fourth-order valence-electron chi connectivity index (χ4n) is 5.38. The SMILES string of the molecule is CCC(C)(CC)C(=O)/C=C(\O)C(C)(CC)CC.Cc1[c-]c(-c2nccc3cc4scc(CC(C)(C)C)c4cc23)cc(C)c1.[Ir].